The second-order valence-corrected chi connectivity index (χ2v) is 3.31. The SMILES string of the molecule is Cc1c(C(F)F)ncc(CC#N)c1CCl. The van der Waals surface area contributed by atoms with E-state index in [2.05, 4.69) is 4.98 Å². The number of aromatic nitrogens is 1. The van der Waals surface area contributed by atoms with Crippen LogP contribution < -0.4 is 0 Å². The minimum absolute atomic E-state index is 0.116. The summed E-state index contributed by atoms with van der Waals surface area (Å²) in [7, 11) is 0. The molecular weight excluding hydrogens is 222 g/mol. The molecule has 0 atom stereocenters. The number of hydrogen-bond donors (Lipinski definition) is 0. The quantitative estimate of drug-likeness (QED) is 0.748. The van der Waals surface area contributed by atoms with Gasteiger partial charge >= 0.3 is 0 Å². The topological polar surface area (TPSA) is 36.7 Å². The fraction of sp³-hybridized carbons (Fsp3) is 0.400. The number of nitriles is 1. The molecule has 0 aromatic carbocycles. The Morgan fingerprint density at radius 2 is 2.27 bits per heavy atom. The Labute approximate surface area is 91.5 Å². The molecule has 0 amide bonds. The molecule has 0 saturated carbocycles. The van der Waals surface area contributed by atoms with Gasteiger partial charge in [0.25, 0.3) is 6.43 Å². The minimum Gasteiger partial charge on any atom is -0.255 e. The number of rotatable bonds is 3. The summed E-state index contributed by atoms with van der Waals surface area (Å²) in [4.78, 5) is 3.65. The van der Waals surface area contributed by atoms with Gasteiger partial charge in [0, 0.05) is 12.1 Å². The summed E-state index contributed by atoms with van der Waals surface area (Å²) >= 11 is 5.67. The van der Waals surface area contributed by atoms with Crippen molar-refractivity contribution in [3.05, 3.63) is 28.6 Å². The highest BCUT2D eigenvalue weighted by Gasteiger charge is 2.17. The Morgan fingerprint density at radius 1 is 1.60 bits per heavy atom. The summed E-state index contributed by atoms with van der Waals surface area (Å²) in [6, 6.07) is 1.95. The number of pyridine rings is 1. The molecule has 1 heterocycles. The van der Waals surface area contributed by atoms with Crippen molar-refractivity contribution < 1.29 is 8.78 Å². The molecule has 0 fully saturated rings. The summed E-state index contributed by atoms with van der Waals surface area (Å²) in [5.74, 6) is 0.116. The Balaban J connectivity index is 3.27. The Kier molecular flexibility index (Phi) is 3.98. The molecule has 1 rings (SSSR count). The van der Waals surface area contributed by atoms with Crippen LogP contribution in [0, 0.1) is 18.3 Å². The van der Waals surface area contributed by atoms with Crippen LogP contribution in [0.1, 0.15) is 28.8 Å². The van der Waals surface area contributed by atoms with Crippen LogP contribution in [0.5, 0.6) is 0 Å². The molecule has 0 spiro atoms. The molecule has 1 aromatic heterocycles. The lowest BCUT2D eigenvalue weighted by Crippen LogP contribution is -2.03. The second kappa shape index (κ2) is 5.04. The van der Waals surface area contributed by atoms with Crippen molar-refractivity contribution in [2.75, 3.05) is 0 Å². The minimum atomic E-state index is -2.61. The van der Waals surface area contributed by atoms with E-state index in [1.165, 1.54) is 6.20 Å². The molecule has 1 aromatic rings. The first-order chi connectivity index (χ1) is 7.11. The third kappa shape index (κ3) is 2.42. The maximum absolute atomic E-state index is 12.5. The third-order valence-electron chi connectivity index (χ3n) is 2.19. The largest absolute Gasteiger partial charge is 0.280 e. The molecule has 0 radical (unpaired) electrons. The first-order valence-corrected chi connectivity index (χ1v) is 4.83. The van der Waals surface area contributed by atoms with Crippen molar-refractivity contribution in [1.29, 1.82) is 5.26 Å². The fourth-order valence-corrected chi connectivity index (χ4v) is 1.73. The normalized spacial score (nSPS) is 10.4. The zero-order valence-electron chi connectivity index (χ0n) is 8.10. The van der Waals surface area contributed by atoms with E-state index in [4.69, 9.17) is 16.9 Å². The highest BCUT2D eigenvalue weighted by Crippen LogP contribution is 2.26. The molecule has 0 N–H and O–H groups in total. The fourth-order valence-electron chi connectivity index (χ4n) is 1.36. The molecule has 0 aliphatic rings. The zero-order chi connectivity index (χ0) is 11.4. The molecule has 0 aliphatic carbocycles. The van der Waals surface area contributed by atoms with Crippen molar-refractivity contribution in [2.24, 2.45) is 0 Å². The number of nitrogens with zero attached hydrogens (tertiary/aromatic N) is 2. The van der Waals surface area contributed by atoms with Gasteiger partial charge in [0.1, 0.15) is 5.69 Å². The summed E-state index contributed by atoms with van der Waals surface area (Å²) in [5.41, 5.74) is 1.33. The van der Waals surface area contributed by atoms with Crippen LogP contribution in [-0.2, 0) is 12.3 Å². The van der Waals surface area contributed by atoms with Gasteiger partial charge in [-0.2, -0.15) is 5.26 Å². The van der Waals surface area contributed by atoms with E-state index in [1.54, 1.807) is 6.92 Å². The van der Waals surface area contributed by atoms with Crippen LogP contribution in [0.2, 0.25) is 0 Å². The van der Waals surface area contributed by atoms with Crippen LogP contribution in [-0.4, -0.2) is 4.98 Å². The maximum Gasteiger partial charge on any atom is 0.280 e. The molecule has 2 nitrogen and oxygen atoms in total. The second-order valence-electron chi connectivity index (χ2n) is 3.04. The Bertz CT molecular complexity index is 399. The molecular formula is C10H9ClF2N2. The van der Waals surface area contributed by atoms with Gasteiger partial charge in [-0.15, -0.1) is 11.6 Å². The number of halogens is 3. The highest BCUT2D eigenvalue weighted by molar-refractivity contribution is 6.17. The Hall–Kier alpha value is -1.21. The standard InChI is InChI=1S/C10H9ClF2N2/c1-6-8(4-11)7(2-3-14)5-15-9(6)10(12)13/h5,10H,2,4H2,1H3. The highest BCUT2D eigenvalue weighted by atomic mass is 35.5. The molecule has 0 unspecified atom stereocenters. The van der Waals surface area contributed by atoms with E-state index in [1.807, 2.05) is 6.07 Å². The predicted molar refractivity (Wildman–Crippen MR) is 52.8 cm³/mol. The molecule has 0 bridgehead atoms. The van der Waals surface area contributed by atoms with E-state index in [-0.39, 0.29) is 18.0 Å². The van der Waals surface area contributed by atoms with Crippen molar-refractivity contribution in [3.8, 4) is 6.07 Å². The first-order valence-electron chi connectivity index (χ1n) is 4.30. The number of alkyl halides is 3. The van der Waals surface area contributed by atoms with Gasteiger partial charge in [-0.25, -0.2) is 8.78 Å². The van der Waals surface area contributed by atoms with Gasteiger partial charge in [0.15, 0.2) is 0 Å². The van der Waals surface area contributed by atoms with E-state index in [0.29, 0.717) is 16.7 Å². The van der Waals surface area contributed by atoms with Crippen LogP contribution in [0.15, 0.2) is 6.20 Å². The van der Waals surface area contributed by atoms with Gasteiger partial charge in [-0.05, 0) is 23.6 Å². The van der Waals surface area contributed by atoms with Crippen LogP contribution in [0.3, 0.4) is 0 Å². The first kappa shape index (κ1) is 11.9. The summed E-state index contributed by atoms with van der Waals surface area (Å²) in [5, 5.41) is 8.54. The summed E-state index contributed by atoms with van der Waals surface area (Å²) in [6.45, 7) is 1.55. The lowest BCUT2D eigenvalue weighted by molar-refractivity contribution is 0.145. The van der Waals surface area contributed by atoms with Gasteiger partial charge in [0.05, 0.1) is 12.5 Å². The smallest absolute Gasteiger partial charge is 0.255 e. The predicted octanol–water partition coefficient (Wildman–Crippen LogP) is 3.13. The molecule has 5 heteroatoms. The third-order valence-corrected chi connectivity index (χ3v) is 2.46. The zero-order valence-corrected chi connectivity index (χ0v) is 8.85. The molecule has 15 heavy (non-hydrogen) atoms. The summed E-state index contributed by atoms with van der Waals surface area (Å²) < 4.78 is 25.0. The van der Waals surface area contributed by atoms with E-state index in [0.717, 1.165) is 0 Å². The number of hydrogen-bond acceptors (Lipinski definition) is 2. The van der Waals surface area contributed by atoms with Gasteiger partial charge in [-0.3, -0.25) is 4.98 Å². The lowest BCUT2D eigenvalue weighted by Gasteiger charge is -2.11. The lowest BCUT2D eigenvalue weighted by atomic mass is 10.0. The van der Waals surface area contributed by atoms with E-state index in [9.17, 15) is 8.78 Å². The van der Waals surface area contributed by atoms with Crippen molar-refractivity contribution >= 4 is 11.6 Å². The van der Waals surface area contributed by atoms with E-state index < -0.39 is 6.43 Å². The van der Waals surface area contributed by atoms with Gasteiger partial charge < -0.3 is 0 Å². The average molecular weight is 231 g/mol. The average Bonchev–Trinajstić information content (AvgIpc) is 2.18. The van der Waals surface area contributed by atoms with Crippen molar-refractivity contribution in [3.63, 3.8) is 0 Å². The summed E-state index contributed by atoms with van der Waals surface area (Å²) in [6.07, 6.45) is -1.17. The molecule has 80 valence electrons. The van der Waals surface area contributed by atoms with Crippen LogP contribution in [0.25, 0.3) is 0 Å². The van der Waals surface area contributed by atoms with Crippen molar-refractivity contribution in [1.82, 2.24) is 4.98 Å². The molecule has 0 saturated heterocycles. The van der Waals surface area contributed by atoms with Gasteiger partial charge in [0.2, 0.25) is 0 Å². The monoisotopic (exact) mass is 230 g/mol. The van der Waals surface area contributed by atoms with Crippen molar-refractivity contribution in [2.45, 2.75) is 25.7 Å². The van der Waals surface area contributed by atoms with Gasteiger partial charge in [-0.1, -0.05) is 0 Å². The maximum atomic E-state index is 12.5. The van der Waals surface area contributed by atoms with Crippen LogP contribution in [0.4, 0.5) is 8.78 Å². The molecule has 0 aliphatic heterocycles. The Morgan fingerprint density at radius 3 is 2.73 bits per heavy atom. The van der Waals surface area contributed by atoms with E-state index >= 15 is 0 Å². The van der Waals surface area contributed by atoms with Crippen LogP contribution >= 0.6 is 11.6 Å².